The summed E-state index contributed by atoms with van der Waals surface area (Å²) in [6.07, 6.45) is 5.66. The predicted molar refractivity (Wildman–Crippen MR) is 71.3 cm³/mol. The standard InChI is InChI=1S/C14H25N3O/c1-4-15-12(7-10(2)3)9-14-16-13(17-18-14)8-11-5-6-11/h10-12,15H,4-9H2,1-3H3. The molecule has 1 fully saturated rings. The van der Waals surface area contributed by atoms with E-state index in [-0.39, 0.29) is 0 Å². The summed E-state index contributed by atoms with van der Waals surface area (Å²) in [5, 5.41) is 7.57. The Morgan fingerprint density at radius 1 is 1.39 bits per heavy atom. The molecule has 4 heteroatoms. The third-order valence-corrected chi connectivity index (χ3v) is 3.35. The SMILES string of the molecule is CCNC(Cc1nc(CC2CC2)no1)CC(C)C. The molecule has 1 N–H and O–H groups in total. The van der Waals surface area contributed by atoms with E-state index in [4.69, 9.17) is 4.52 Å². The summed E-state index contributed by atoms with van der Waals surface area (Å²) in [6, 6.07) is 0.448. The van der Waals surface area contributed by atoms with Crippen molar-refractivity contribution < 1.29 is 4.52 Å². The first-order chi connectivity index (χ1) is 8.67. The highest BCUT2D eigenvalue weighted by atomic mass is 16.5. The van der Waals surface area contributed by atoms with Crippen LogP contribution in [-0.2, 0) is 12.8 Å². The molecule has 18 heavy (non-hydrogen) atoms. The van der Waals surface area contributed by atoms with E-state index >= 15 is 0 Å². The lowest BCUT2D eigenvalue weighted by Crippen LogP contribution is -2.32. The van der Waals surface area contributed by atoms with Crippen molar-refractivity contribution in [1.29, 1.82) is 0 Å². The summed E-state index contributed by atoms with van der Waals surface area (Å²) < 4.78 is 5.35. The maximum absolute atomic E-state index is 5.35. The lowest BCUT2D eigenvalue weighted by atomic mass is 10.0. The molecule has 0 aromatic carbocycles. The van der Waals surface area contributed by atoms with E-state index in [1.165, 1.54) is 12.8 Å². The topological polar surface area (TPSA) is 51.0 Å². The zero-order valence-corrected chi connectivity index (χ0v) is 11.8. The molecule has 0 spiro atoms. The quantitative estimate of drug-likeness (QED) is 0.771. The van der Waals surface area contributed by atoms with Gasteiger partial charge in [-0.05, 0) is 37.6 Å². The number of nitrogens with zero attached hydrogens (tertiary/aromatic N) is 2. The van der Waals surface area contributed by atoms with Gasteiger partial charge >= 0.3 is 0 Å². The minimum absolute atomic E-state index is 0.448. The molecule has 0 saturated heterocycles. The van der Waals surface area contributed by atoms with Gasteiger partial charge < -0.3 is 9.84 Å². The van der Waals surface area contributed by atoms with Gasteiger partial charge in [0.15, 0.2) is 5.82 Å². The van der Waals surface area contributed by atoms with Gasteiger partial charge in [-0.3, -0.25) is 0 Å². The first-order valence-corrected chi connectivity index (χ1v) is 7.22. The molecule has 4 nitrogen and oxygen atoms in total. The van der Waals surface area contributed by atoms with Crippen molar-refractivity contribution in [1.82, 2.24) is 15.5 Å². The van der Waals surface area contributed by atoms with Crippen LogP contribution in [0, 0.1) is 11.8 Å². The number of rotatable bonds is 8. The Bertz CT molecular complexity index is 358. The first kappa shape index (κ1) is 13.5. The maximum Gasteiger partial charge on any atom is 0.228 e. The van der Waals surface area contributed by atoms with Crippen molar-refractivity contribution in [2.24, 2.45) is 11.8 Å². The lowest BCUT2D eigenvalue weighted by molar-refractivity contribution is 0.337. The summed E-state index contributed by atoms with van der Waals surface area (Å²) in [6.45, 7) is 7.62. The summed E-state index contributed by atoms with van der Waals surface area (Å²) >= 11 is 0. The molecule has 1 unspecified atom stereocenters. The Morgan fingerprint density at radius 3 is 2.78 bits per heavy atom. The Labute approximate surface area is 110 Å². The number of hydrogen-bond acceptors (Lipinski definition) is 4. The van der Waals surface area contributed by atoms with Gasteiger partial charge in [0.25, 0.3) is 0 Å². The van der Waals surface area contributed by atoms with Crippen molar-refractivity contribution in [2.75, 3.05) is 6.54 Å². The zero-order valence-electron chi connectivity index (χ0n) is 11.8. The molecule has 2 rings (SSSR count). The van der Waals surface area contributed by atoms with E-state index in [1.807, 2.05) is 0 Å². The van der Waals surface area contributed by atoms with Gasteiger partial charge in [0.1, 0.15) is 0 Å². The Hall–Kier alpha value is -0.900. The second kappa shape index (κ2) is 6.32. The van der Waals surface area contributed by atoms with E-state index in [9.17, 15) is 0 Å². The molecule has 102 valence electrons. The Kier molecular flexibility index (Phi) is 4.75. The van der Waals surface area contributed by atoms with Crippen LogP contribution >= 0.6 is 0 Å². The molecule has 1 atom stereocenters. The van der Waals surface area contributed by atoms with Gasteiger partial charge in [0, 0.05) is 18.9 Å². The van der Waals surface area contributed by atoms with Crippen LogP contribution in [0.4, 0.5) is 0 Å². The fourth-order valence-corrected chi connectivity index (χ4v) is 2.34. The molecule has 1 aliphatic carbocycles. The highest BCUT2D eigenvalue weighted by molar-refractivity contribution is 4.93. The normalized spacial score (nSPS) is 17.3. The van der Waals surface area contributed by atoms with Crippen molar-refractivity contribution in [3.63, 3.8) is 0 Å². The molecule has 1 saturated carbocycles. The smallest absolute Gasteiger partial charge is 0.228 e. The minimum atomic E-state index is 0.448. The van der Waals surface area contributed by atoms with E-state index in [1.54, 1.807) is 0 Å². The van der Waals surface area contributed by atoms with Gasteiger partial charge in [-0.2, -0.15) is 4.98 Å². The van der Waals surface area contributed by atoms with Crippen LogP contribution in [0.15, 0.2) is 4.52 Å². The largest absolute Gasteiger partial charge is 0.339 e. The van der Waals surface area contributed by atoms with Crippen LogP contribution in [0.2, 0.25) is 0 Å². The Morgan fingerprint density at radius 2 is 2.17 bits per heavy atom. The van der Waals surface area contributed by atoms with Crippen LogP contribution < -0.4 is 5.32 Å². The molecule has 1 aromatic heterocycles. The summed E-state index contributed by atoms with van der Waals surface area (Å²) in [7, 11) is 0. The summed E-state index contributed by atoms with van der Waals surface area (Å²) in [5.74, 6) is 3.18. The van der Waals surface area contributed by atoms with Crippen LogP contribution in [-0.4, -0.2) is 22.7 Å². The highest BCUT2D eigenvalue weighted by Crippen LogP contribution is 2.31. The molecule has 1 heterocycles. The number of likely N-dealkylation sites (N-methyl/N-ethyl adjacent to an activating group) is 1. The van der Waals surface area contributed by atoms with Crippen LogP contribution in [0.1, 0.15) is 51.7 Å². The van der Waals surface area contributed by atoms with E-state index in [0.717, 1.165) is 43.4 Å². The van der Waals surface area contributed by atoms with Crippen molar-refractivity contribution in [3.8, 4) is 0 Å². The summed E-state index contributed by atoms with van der Waals surface area (Å²) in [4.78, 5) is 4.50. The molecular weight excluding hydrogens is 226 g/mol. The van der Waals surface area contributed by atoms with Crippen LogP contribution in [0.5, 0.6) is 0 Å². The van der Waals surface area contributed by atoms with Gasteiger partial charge in [0.2, 0.25) is 5.89 Å². The fraction of sp³-hybridized carbons (Fsp3) is 0.857. The van der Waals surface area contributed by atoms with Gasteiger partial charge in [-0.25, -0.2) is 0 Å². The van der Waals surface area contributed by atoms with Gasteiger partial charge in [0.05, 0.1) is 0 Å². The molecule has 1 aromatic rings. The average molecular weight is 251 g/mol. The monoisotopic (exact) mass is 251 g/mol. The minimum Gasteiger partial charge on any atom is -0.339 e. The van der Waals surface area contributed by atoms with Crippen molar-refractivity contribution in [3.05, 3.63) is 11.7 Å². The average Bonchev–Trinajstić information content (AvgIpc) is 2.98. The van der Waals surface area contributed by atoms with E-state index < -0.39 is 0 Å². The number of hydrogen-bond donors (Lipinski definition) is 1. The number of aromatic nitrogens is 2. The zero-order chi connectivity index (χ0) is 13.0. The van der Waals surface area contributed by atoms with Crippen molar-refractivity contribution in [2.45, 2.75) is 58.9 Å². The molecule has 0 aliphatic heterocycles. The predicted octanol–water partition coefficient (Wildman–Crippen LogP) is 2.59. The van der Waals surface area contributed by atoms with Crippen LogP contribution in [0.25, 0.3) is 0 Å². The van der Waals surface area contributed by atoms with Crippen molar-refractivity contribution >= 4 is 0 Å². The first-order valence-electron chi connectivity index (χ1n) is 7.22. The Balaban J connectivity index is 1.86. The lowest BCUT2D eigenvalue weighted by Gasteiger charge is -2.17. The van der Waals surface area contributed by atoms with E-state index in [0.29, 0.717) is 12.0 Å². The van der Waals surface area contributed by atoms with Gasteiger partial charge in [-0.1, -0.05) is 25.9 Å². The summed E-state index contributed by atoms with van der Waals surface area (Å²) in [5.41, 5.74) is 0. The third kappa shape index (κ3) is 4.41. The van der Waals surface area contributed by atoms with Crippen LogP contribution in [0.3, 0.4) is 0 Å². The molecule has 1 aliphatic rings. The second-order valence-electron chi connectivity index (χ2n) is 5.84. The van der Waals surface area contributed by atoms with E-state index in [2.05, 4.69) is 36.2 Å². The fourth-order valence-electron chi connectivity index (χ4n) is 2.34. The highest BCUT2D eigenvalue weighted by Gasteiger charge is 2.24. The maximum atomic E-state index is 5.35. The molecular formula is C14H25N3O. The molecule has 0 bridgehead atoms. The van der Waals surface area contributed by atoms with Gasteiger partial charge in [-0.15, -0.1) is 0 Å². The third-order valence-electron chi connectivity index (χ3n) is 3.35. The molecule has 0 radical (unpaired) electrons. The molecule has 0 amide bonds. The second-order valence-corrected chi connectivity index (χ2v) is 5.84. The number of nitrogens with one attached hydrogen (secondary N) is 1.